The first kappa shape index (κ1) is 13.6. The first-order valence-corrected chi connectivity index (χ1v) is 6.67. The molecule has 3 nitrogen and oxygen atoms in total. The molecule has 0 unspecified atom stereocenters. The minimum Gasteiger partial charge on any atom is -0.477 e. The van der Waals surface area contributed by atoms with Crippen molar-refractivity contribution in [1.29, 1.82) is 0 Å². The Morgan fingerprint density at radius 3 is 2.39 bits per heavy atom. The van der Waals surface area contributed by atoms with Crippen LogP contribution in [0.15, 0.2) is 34.2 Å². The number of aromatic carboxylic acids is 1. The number of nitrogens with one attached hydrogen (secondary N) is 1. The van der Waals surface area contributed by atoms with Crippen LogP contribution in [0.5, 0.6) is 0 Å². The third kappa shape index (κ3) is 2.95. The second-order valence-corrected chi connectivity index (χ2v) is 5.65. The van der Waals surface area contributed by atoms with Crippen molar-refractivity contribution in [2.45, 2.75) is 9.92 Å². The maximum atomic E-state index is 10.7. The smallest absolute Gasteiger partial charge is 0.352 e. The van der Waals surface area contributed by atoms with Gasteiger partial charge in [-0.05, 0) is 24.3 Å². The van der Waals surface area contributed by atoms with E-state index in [0.29, 0.717) is 25.0 Å². The van der Waals surface area contributed by atoms with E-state index < -0.39 is 5.97 Å². The molecule has 0 saturated heterocycles. The number of benzene rings is 1. The average molecular weight is 323 g/mol. The average Bonchev–Trinajstić information content (AvgIpc) is 2.74. The normalized spacial score (nSPS) is 10.6. The third-order valence-corrected chi connectivity index (χ3v) is 4.25. The lowest BCUT2D eigenvalue weighted by molar-refractivity contribution is 0.0691. The van der Waals surface area contributed by atoms with Crippen LogP contribution in [-0.4, -0.2) is 16.1 Å². The number of carbonyl (C=O) groups is 1. The highest BCUT2D eigenvalue weighted by atomic mass is 35.5. The van der Waals surface area contributed by atoms with Crippen molar-refractivity contribution < 1.29 is 9.90 Å². The van der Waals surface area contributed by atoms with Gasteiger partial charge in [0.05, 0.1) is 20.1 Å². The molecule has 0 bridgehead atoms. The van der Waals surface area contributed by atoms with Crippen molar-refractivity contribution in [3.8, 4) is 0 Å². The van der Waals surface area contributed by atoms with Crippen LogP contribution >= 0.6 is 46.6 Å². The van der Waals surface area contributed by atoms with Crippen molar-refractivity contribution >= 4 is 52.5 Å². The number of halogens is 3. The summed E-state index contributed by atoms with van der Waals surface area (Å²) >= 11 is 19.0. The summed E-state index contributed by atoms with van der Waals surface area (Å²) in [7, 11) is 0. The standard InChI is InChI=1S/C11H6Cl3NO2S/c12-5-3-7(14)9(4-6(5)13)18-10-2-1-8(15-10)11(16)17/h1-4,15H,(H,16,17). The fourth-order valence-corrected chi connectivity index (χ4v) is 2.85. The molecule has 94 valence electrons. The van der Waals surface area contributed by atoms with Crippen molar-refractivity contribution in [3.05, 3.63) is 45.0 Å². The van der Waals surface area contributed by atoms with Crippen molar-refractivity contribution in [1.82, 2.24) is 4.98 Å². The van der Waals surface area contributed by atoms with Crippen LogP contribution in [0.25, 0.3) is 0 Å². The zero-order chi connectivity index (χ0) is 13.3. The zero-order valence-corrected chi connectivity index (χ0v) is 11.8. The van der Waals surface area contributed by atoms with Gasteiger partial charge < -0.3 is 10.1 Å². The monoisotopic (exact) mass is 321 g/mol. The molecule has 2 rings (SSSR count). The molecule has 0 fully saturated rings. The number of H-pyrrole nitrogens is 1. The molecule has 0 atom stereocenters. The number of carboxylic acids is 1. The van der Waals surface area contributed by atoms with E-state index in [1.807, 2.05) is 0 Å². The van der Waals surface area contributed by atoms with E-state index in [-0.39, 0.29) is 5.69 Å². The highest BCUT2D eigenvalue weighted by molar-refractivity contribution is 7.99. The summed E-state index contributed by atoms with van der Waals surface area (Å²) in [5.74, 6) is -1.01. The van der Waals surface area contributed by atoms with Crippen LogP contribution in [0.1, 0.15) is 10.5 Å². The number of carboxylic acid groups (broad SMARTS) is 1. The Labute approximate surface area is 122 Å². The van der Waals surface area contributed by atoms with Crippen molar-refractivity contribution in [3.63, 3.8) is 0 Å². The first-order valence-electron chi connectivity index (χ1n) is 4.72. The molecule has 0 saturated carbocycles. The van der Waals surface area contributed by atoms with Gasteiger partial charge in [0.2, 0.25) is 0 Å². The van der Waals surface area contributed by atoms with Gasteiger partial charge in [-0.15, -0.1) is 0 Å². The molecule has 1 aromatic carbocycles. The van der Waals surface area contributed by atoms with Gasteiger partial charge >= 0.3 is 5.97 Å². The van der Waals surface area contributed by atoms with Gasteiger partial charge in [0.15, 0.2) is 0 Å². The number of hydrogen-bond acceptors (Lipinski definition) is 2. The molecule has 0 aliphatic rings. The Morgan fingerprint density at radius 1 is 1.11 bits per heavy atom. The maximum absolute atomic E-state index is 10.7. The molecule has 0 aliphatic carbocycles. The van der Waals surface area contributed by atoms with Crippen LogP contribution in [0, 0.1) is 0 Å². The lowest BCUT2D eigenvalue weighted by Gasteiger charge is -2.04. The molecule has 7 heteroatoms. The molecule has 2 N–H and O–H groups in total. The van der Waals surface area contributed by atoms with Gasteiger partial charge in [-0.2, -0.15) is 0 Å². The number of aromatic amines is 1. The summed E-state index contributed by atoms with van der Waals surface area (Å²) in [5, 5.41) is 10.7. The van der Waals surface area contributed by atoms with Gasteiger partial charge in [0.1, 0.15) is 5.69 Å². The minimum atomic E-state index is -1.01. The van der Waals surface area contributed by atoms with E-state index in [1.54, 1.807) is 18.2 Å². The quantitative estimate of drug-likeness (QED) is 0.796. The Kier molecular flexibility index (Phi) is 4.12. The van der Waals surface area contributed by atoms with E-state index in [2.05, 4.69) is 4.98 Å². The molecule has 1 aromatic heterocycles. The molecule has 0 spiro atoms. The Morgan fingerprint density at radius 2 is 1.78 bits per heavy atom. The van der Waals surface area contributed by atoms with E-state index in [1.165, 1.54) is 17.8 Å². The number of rotatable bonds is 3. The highest BCUT2D eigenvalue weighted by Gasteiger charge is 2.10. The van der Waals surface area contributed by atoms with Gasteiger partial charge in [0, 0.05) is 4.90 Å². The zero-order valence-electron chi connectivity index (χ0n) is 8.71. The SMILES string of the molecule is O=C(O)c1ccc(Sc2cc(Cl)c(Cl)cc2Cl)[nH]1. The maximum Gasteiger partial charge on any atom is 0.352 e. The molecule has 0 radical (unpaired) electrons. The Hall–Kier alpha value is -0.810. The molecule has 0 aliphatic heterocycles. The van der Waals surface area contributed by atoms with Crippen molar-refractivity contribution in [2.24, 2.45) is 0 Å². The minimum absolute atomic E-state index is 0.119. The second-order valence-electron chi connectivity index (χ2n) is 3.34. The predicted molar refractivity (Wildman–Crippen MR) is 73.3 cm³/mol. The van der Waals surface area contributed by atoms with Crippen LogP contribution in [0.2, 0.25) is 15.1 Å². The lowest BCUT2D eigenvalue weighted by Crippen LogP contribution is -1.95. The lowest BCUT2D eigenvalue weighted by atomic mass is 10.4. The fraction of sp³-hybridized carbons (Fsp3) is 0. The number of hydrogen-bond donors (Lipinski definition) is 2. The van der Waals surface area contributed by atoms with Crippen LogP contribution < -0.4 is 0 Å². The Bertz CT molecular complexity index is 612. The highest BCUT2D eigenvalue weighted by Crippen LogP contribution is 2.37. The van der Waals surface area contributed by atoms with Crippen LogP contribution in [0.3, 0.4) is 0 Å². The summed E-state index contributed by atoms with van der Waals surface area (Å²) in [5.41, 5.74) is 0.119. The number of aromatic nitrogens is 1. The fourth-order valence-electron chi connectivity index (χ4n) is 1.26. The van der Waals surface area contributed by atoms with Gasteiger partial charge in [-0.1, -0.05) is 46.6 Å². The molecular weight excluding hydrogens is 317 g/mol. The second kappa shape index (κ2) is 5.45. The van der Waals surface area contributed by atoms with E-state index in [0.717, 1.165) is 0 Å². The largest absolute Gasteiger partial charge is 0.477 e. The van der Waals surface area contributed by atoms with Crippen LogP contribution in [-0.2, 0) is 0 Å². The van der Waals surface area contributed by atoms with E-state index in [4.69, 9.17) is 39.9 Å². The van der Waals surface area contributed by atoms with Gasteiger partial charge in [-0.25, -0.2) is 4.79 Å². The van der Waals surface area contributed by atoms with E-state index >= 15 is 0 Å². The summed E-state index contributed by atoms with van der Waals surface area (Å²) < 4.78 is 0. The molecule has 0 amide bonds. The molecule has 18 heavy (non-hydrogen) atoms. The summed E-state index contributed by atoms with van der Waals surface area (Å²) in [4.78, 5) is 14.2. The van der Waals surface area contributed by atoms with E-state index in [9.17, 15) is 4.79 Å². The summed E-state index contributed by atoms with van der Waals surface area (Å²) in [6.45, 7) is 0. The van der Waals surface area contributed by atoms with Crippen LogP contribution in [0.4, 0.5) is 0 Å². The predicted octanol–water partition coefficient (Wildman–Crippen LogP) is 4.82. The molecule has 1 heterocycles. The summed E-state index contributed by atoms with van der Waals surface area (Å²) in [6.07, 6.45) is 0. The molecular formula is C11H6Cl3NO2S. The summed E-state index contributed by atoms with van der Waals surface area (Å²) in [6, 6.07) is 6.33. The Balaban J connectivity index is 2.28. The van der Waals surface area contributed by atoms with Gasteiger partial charge in [-0.3, -0.25) is 0 Å². The topological polar surface area (TPSA) is 53.1 Å². The van der Waals surface area contributed by atoms with Gasteiger partial charge in [0.25, 0.3) is 0 Å². The first-order chi connectivity index (χ1) is 8.47. The third-order valence-electron chi connectivity index (χ3n) is 2.08. The molecule has 2 aromatic rings. The van der Waals surface area contributed by atoms with Crippen molar-refractivity contribution in [2.75, 3.05) is 0 Å².